The lowest BCUT2D eigenvalue weighted by Crippen LogP contribution is -2.30. The van der Waals surface area contributed by atoms with Crippen molar-refractivity contribution in [3.8, 4) is 0 Å². The van der Waals surface area contributed by atoms with E-state index in [2.05, 4.69) is 5.32 Å². The Morgan fingerprint density at radius 3 is 2.38 bits per heavy atom. The third kappa shape index (κ3) is 2.52. The minimum Gasteiger partial charge on any atom is -0.389 e. The highest BCUT2D eigenvalue weighted by Gasteiger charge is 2.24. The van der Waals surface area contributed by atoms with Crippen molar-refractivity contribution in [3.63, 3.8) is 0 Å². The first-order chi connectivity index (χ1) is 7.49. The van der Waals surface area contributed by atoms with Crippen molar-refractivity contribution >= 4 is 0 Å². The summed E-state index contributed by atoms with van der Waals surface area (Å²) in [5.74, 6) is -4.48. The summed E-state index contributed by atoms with van der Waals surface area (Å²) >= 11 is 0. The molecule has 6 heteroatoms. The molecule has 0 saturated carbocycles. The van der Waals surface area contributed by atoms with Gasteiger partial charge in [0.15, 0.2) is 17.5 Å². The summed E-state index contributed by atoms with van der Waals surface area (Å²) in [4.78, 5) is 0. The molecule has 0 aliphatic carbocycles. The Bertz CT molecular complexity index is 373. The van der Waals surface area contributed by atoms with Crippen LogP contribution in [0.4, 0.5) is 13.2 Å². The van der Waals surface area contributed by atoms with E-state index >= 15 is 0 Å². The second-order valence-corrected chi connectivity index (χ2v) is 3.33. The highest BCUT2D eigenvalue weighted by molar-refractivity contribution is 5.23. The van der Waals surface area contributed by atoms with E-state index in [1.54, 1.807) is 0 Å². The third-order valence-electron chi connectivity index (χ3n) is 2.16. The van der Waals surface area contributed by atoms with Crippen molar-refractivity contribution < 1.29 is 23.4 Å². The normalized spacial score (nSPS) is 14.9. The molecule has 90 valence electrons. The predicted molar refractivity (Wildman–Crippen MR) is 51.2 cm³/mol. The number of aliphatic hydroxyl groups excluding tert-OH is 2. The Balaban J connectivity index is 3.00. The van der Waals surface area contributed by atoms with Crippen LogP contribution in [0.1, 0.15) is 11.7 Å². The molecule has 0 aromatic heterocycles. The smallest absolute Gasteiger partial charge is 0.194 e. The maximum atomic E-state index is 13.2. The molecule has 0 radical (unpaired) electrons. The first-order valence-electron chi connectivity index (χ1n) is 4.63. The van der Waals surface area contributed by atoms with Crippen molar-refractivity contribution in [1.82, 2.24) is 5.32 Å². The van der Waals surface area contributed by atoms with Crippen LogP contribution in [0.3, 0.4) is 0 Å². The first kappa shape index (κ1) is 13.0. The number of benzene rings is 1. The molecule has 0 aliphatic heterocycles. The average molecular weight is 235 g/mol. The fourth-order valence-electron chi connectivity index (χ4n) is 1.30. The molecule has 2 unspecified atom stereocenters. The van der Waals surface area contributed by atoms with E-state index in [-0.39, 0.29) is 6.54 Å². The maximum Gasteiger partial charge on any atom is 0.194 e. The lowest BCUT2D eigenvalue weighted by atomic mass is 10.0. The number of hydrogen-bond donors (Lipinski definition) is 3. The zero-order valence-electron chi connectivity index (χ0n) is 8.54. The van der Waals surface area contributed by atoms with E-state index in [0.717, 1.165) is 6.07 Å². The molecule has 0 spiro atoms. The molecule has 1 aromatic rings. The van der Waals surface area contributed by atoms with E-state index in [1.807, 2.05) is 0 Å². The van der Waals surface area contributed by atoms with Crippen LogP contribution in [0.25, 0.3) is 0 Å². The molecule has 0 aliphatic rings. The summed E-state index contributed by atoms with van der Waals surface area (Å²) in [6, 6.07) is 1.60. The number of aliphatic hydroxyl groups is 2. The summed E-state index contributed by atoms with van der Waals surface area (Å²) < 4.78 is 38.7. The molecule has 0 saturated heterocycles. The molecular formula is C10H12F3NO2. The second kappa shape index (κ2) is 5.29. The van der Waals surface area contributed by atoms with Crippen LogP contribution in [-0.4, -0.2) is 29.9 Å². The topological polar surface area (TPSA) is 52.5 Å². The van der Waals surface area contributed by atoms with Gasteiger partial charge in [-0.25, -0.2) is 13.2 Å². The molecule has 0 heterocycles. The standard InChI is InChI=1S/C10H12F3NO2/c1-14-4-7(15)10(16)5-2-3-6(11)9(13)8(5)12/h2-3,7,10,14-16H,4H2,1H3. The zero-order chi connectivity index (χ0) is 12.3. The summed E-state index contributed by atoms with van der Waals surface area (Å²) in [5, 5.41) is 21.4. The van der Waals surface area contributed by atoms with E-state index in [9.17, 15) is 23.4 Å². The van der Waals surface area contributed by atoms with E-state index in [4.69, 9.17) is 0 Å². The summed E-state index contributed by atoms with van der Waals surface area (Å²) in [7, 11) is 1.53. The Hall–Kier alpha value is -1.11. The molecule has 3 N–H and O–H groups in total. The van der Waals surface area contributed by atoms with Gasteiger partial charge < -0.3 is 15.5 Å². The van der Waals surface area contributed by atoms with Gasteiger partial charge in [0.25, 0.3) is 0 Å². The summed E-state index contributed by atoms with van der Waals surface area (Å²) in [5.41, 5.74) is -0.471. The minimum absolute atomic E-state index is 0.000395. The molecular weight excluding hydrogens is 223 g/mol. The van der Waals surface area contributed by atoms with Crippen molar-refractivity contribution in [1.29, 1.82) is 0 Å². The van der Waals surface area contributed by atoms with Crippen LogP contribution in [0.2, 0.25) is 0 Å². The minimum atomic E-state index is -1.66. The highest BCUT2D eigenvalue weighted by atomic mass is 19.2. The zero-order valence-corrected chi connectivity index (χ0v) is 8.54. The summed E-state index contributed by atoms with van der Waals surface area (Å²) in [6.07, 6.45) is -2.91. The van der Waals surface area contributed by atoms with E-state index < -0.39 is 35.2 Å². The largest absolute Gasteiger partial charge is 0.389 e. The van der Waals surface area contributed by atoms with Gasteiger partial charge in [-0.15, -0.1) is 0 Å². The first-order valence-corrected chi connectivity index (χ1v) is 4.63. The van der Waals surface area contributed by atoms with Crippen LogP contribution in [0.15, 0.2) is 12.1 Å². The number of nitrogens with one attached hydrogen (secondary N) is 1. The predicted octanol–water partition coefficient (Wildman–Crippen LogP) is 0.718. The fourth-order valence-corrected chi connectivity index (χ4v) is 1.30. The number of halogens is 3. The van der Waals surface area contributed by atoms with Crippen molar-refractivity contribution in [2.24, 2.45) is 0 Å². The second-order valence-electron chi connectivity index (χ2n) is 3.33. The van der Waals surface area contributed by atoms with Crippen LogP contribution in [0.5, 0.6) is 0 Å². The van der Waals surface area contributed by atoms with Gasteiger partial charge in [-0.3, -0.25) is 0 Å². The monoisotopic (exact) mass is 235 g/mol. The van der Waals surface area contributed by atoms with Crippen molar-refractivity contribution in [2.75, 3.05) is 13.6 Å². The Morgan fingerprint density at radius 2 is 1.81 bits per heavy atom. The van der Waals surface area contributed by atoms with Crippen LogP contribution < -0.4 is 5.32 Å². The van der Waals surface area contributed by atoms with Gasteiger partial charge in [0.1, 0.15) is 6.10 Å². The van der Waals surface area contributed by atoms with Crippen molar-refractivity contribution in [2.45, 2.75) is 12.2 Å². The Labute approximate surface area is 90.5 Å². The van der Waals surface area contributed by atoms with Crippen LogP contribution >= 0.6 is 0 Å². The van der Waals surface area contributed by atoms with Gasteiger partial charge in [-0.05, 0) is 13.1 Å². The van der Waals surface area contributed by atoms with E-state index in [0.29, 0.717) is 6.07 Å². The van der Waals surface area contributed by atoms with Crippen molar-refractivity contribution in [3.05, 3.63) is 35.1 Å². The van der Waals surface area contributed by atoms with Gasteiger partial charge in [-0.2, -0.15) is 0 Å². The quantitative estimate of drug-likeness (QED) is 0.674. The van der Waals surface area contributed by atoms with E-state index in [1.165, 1.54) is 7.05 Å². The molecule has 3 nitrogen and oxygen atoms in total. The van der Waals surface area contributed by atoms with Gasteiger partial charge in [0, 0.05) is 12.1 Å². The molecule has 2 atom stereocenters. The summed E-state index contributed by atoms with van der Waals surface area (Å²) in [6.45, 7) is -0.000395. The molecule has 16 heavy (non-hydrogen) atoms. The molecule has 1 aromatic carbocycles. The molecule has 0 fully saturated rings. The Morgan fingerprint density at radius 1 is 1.19 bits per heavy atom. The van der Waals surface area contributed by atoms with Gasteiger partial charge in [-0.1, -0.05) is 6.07 Å². The average Bonchev–Trinajstić information content (AvgIpc) is 2.26. The van der Waals surface area contributed by atoms with Gasteiger partial charge in [0.05, 0.1) is 6.10 Å². The lowest BCUT2D eigenvalue weighted by Gasteiger charge is -2.18. The fraction of sp³-hybridized carbons (Fsp3) is 0.400. The van der Waals surface area contributed by atoms with Gasteiger partial charge in [0.2, 0.25) is 0 Å². The number of rotatable bonds is 4. The Kier molecular flexibility index (Phi) is 4.28. The third-order valence-corrected chi connectivity index (χ3v) is 2.16. The van der Waals surface area contributed by atoms with Gasteiger partial charge >= 0.3 is 0 Å². The molecule has 1 rings (SSSR count). The molecule has 0 bridgehead atoms. The van der Waals surface area contributed by atoms with Crippen LogP contribution in [0, 0.1) is 17.5 Å². The highest BCUT2D eigenvalue weighted by Crippen LogP contribution is 2.23. The maximum absolute atomic E-state index is 13.2. The number of likely N-dealkylation sites (N-methyl/N-ethyl adjacent to an activating group) is 1. The SMILES string of the molecule is CNCC(O)C(O)c1ccc(F)c(F)c1F. The number of hydrogen-bond acceptors (Lipinski definition) is 3. The molecule has 0 amide bonds. The van der Waals surface area contributed by atoms with Crippen LogP contribution in [-0.2, 0) is 0 Å². The lowest BCUT2D eigenvalue weighted by molar-refractivity contribution is 0.0176.